The van der Waals surface area contributed by atoms with Gasteiger partial charge in [-0.25, -0.2) is 4.79 Å². The molecule has 2 rings (SSSR count). The van der Waals surface area contributed by atoms with E-state index in [1.54, 1.807) is 18.2 Å². The molecule has 24 heavy (non-hydrogen) atoms. The van der Waals surface area contributed by atoms with Crippen LogP contribution in [0.4, 0.5) is 5.69 Å². The number of nitrogens with zero attached hydrogens (tertiary/aromatic N) is 1. The molecule has 1 atom stereocenters. The highest BCUT2D eigenvalue weighted by Gasteiger charge is 2.14. The number of nitrogens with two attached hydrogens (primary N) is 3. The summed E-state index contributed by atoms with van der Waals surface area (Å²) in [6.07, 6.45) is 1.04. The molecule has 0 aliphatic carbocycles. The molecule has 0 aliphatic rings. The van der Waals surface area contributed by atoms with Crippen LogP contribution in [0.2, 0.25) is 0 Å². The van der Waals surface area contributed by atoms with Gasteiger partial charge in [-0.3, -0.25) is 9.79 Å². The van der Waals surface area contributed by atoms with Crippen molar-refractivity contribution in [3.63, 3.8) is 0 Å². The highest BCUT2D eigenvalue weighted by molar-refractivity contribution is 5.96. The number of aliphatic imine (C=N–C) groups is 1. The van der Waals surface area contributed by atoms with Crippen molar-refractivity contribution in [2.75, 3.05) is 11.9 Å². The van der Waals surface area contributed by atoms with Crippen LogP contribution in [0.25, 0.3) is 11.0 Å². The Morgan fingerprint density at radius 3 is 2.79 bits per heavy atom. The highest BCUT2D eigenvalue weighted by atomic mass is 16.4. The maximum absolute atomic E-state index is 12.1. The van der Waals surface area contributed by atoms with Crippen LogP contribution in [0.15, 0.2) is 38.5 Å². The molecule has 7 N–H and O–H groups in total. The number of hydrogen-bond donors (Lipinski definition) is 4. The molecule has 1 aromatic carbocycles. The predicted molar refractivity (Wildman–Crippen MR) is 93.7 cm³/mol. The van der Waals surface area contributed by atoms with E-state index in [-0.39, 0.29) is 11.9 Å². The minimum absolute atomic E-state index is 0.0148. The molecule has 1 amide bonds. The highest BCUT2D eigenvalue weighted by Crippen LogP contribution is 2.20. The number of benzene rings is 1. The third kappa shape index (κ3) is 4.56. The number of hydrogen-bond acceptors (Lipinski definition) is 5. The second-order valence-corrected chi connectivity index (χ2v) is 5.50. The van der Waals surface area contributed by atoms with Gasteiger partial charge in [0.2, 0.25) is 5.91 Å². The summed E-state index contributed by atoms with van der Waals surface area (Å²) < 4.78 is 5.15. The number of nitrogens with one attached hydrogen (secondary N) is 1. The van der Waals surface area contributed by atoms with E-state index in [2.05, 4.69) is 10.3 Å². The lowest BCUT2D eigenvalue weighted by atomic mass is 10.1. The third-order valence-corrected chi connectivity index (χ3v) is 3.52. The number of aryl methyl sites for hydroxylation is 1. The van der Waals surface area contributed by atoms with Crippen LogP contribution in [0.1, 0.15) is 18.4 Å². The van der Waals surface area contributed by atoms with Crippen LogP contribution < -0.4 is 28.1 Å². The van der Waals surface area contributed by atoms with E-state index in [9.17, 15) is 9.59 Å². The molecule has 128 valence electrons. The van der Waals surface area contributed by atoms with Gasteiger partial charge in [-0.1, -0.05) is 0 Å². The number of guanidine groups is 1. The first-order valence-electron chi connectivity index (χ1n) is 7.53. The topological polar surface area (TPSA) is 150 Å². The molecule has 1 heterocycles. The standard InChI is InChI=1S/C16H21N5O3/c1-9-7-14(22)24-13-8-10(4-5-11(9)13)21-15(23)12(17)3-2-6-20-16(18)19/h4-5,7-8,12H,2-3,6,17H2,1H3,(H,21,23)(H4,18,19,20)/t12-/m0/s1. The molecule has 0 fully saturated rings. The number of carbonyl (C=O) groups is 1. The zero-order valence-electron chi connectivity index (χ0n) is 13.4. The lowest BCUT2D eigenvalue weighted by molar-refractivity contribution is -0.117. The van der Waals surface area contributed by atoms with Gasteiger partial charge in [-0.2, -0.15) is 0 Å². The fourth-order valence-corrected chi connectivity index (χ4v) is 2.29. The van der Waals surface area contributed by atoms with Gasteiger partial charge in [0.05, 0.1) is 6.04 Å². The number of fused-ring (bicyclic) bond motifs is 1. The van der Waals surface area contributed by atoms with Gasteiger partial charge in [-0.05, 0) is 37.5 Å². The lowest BCUT2D eigenvalue weighted by Crippen LogP contribution is -2.35. The number of amides is 1. The first-order valence-corrected chi connectivity index (χ1v) is 7.53. The van der Waals surface area contributed by atoms with E-state index in [1.165, 1.54) is 6.07 Å². The van der Waals surface area contributed by atoms with Gasteiger partial charge in [0.15, 0.2) is 5.96 Å². The van der Waals surface area contributed by atoms with E-state index in [1.807, 2.05) is 6.92 Å². The Kier molecular flexibility index (Phi) is 5.54. The largest absolute Gasteiger partial charge is 0.423 e. The zero-order chi connectivity index (χ0) is 17.7. The van der Waals surface area contributed by atoms with E-state index < -0.39 is 11.7 Å². The average molecular weight is 331 g/mol. The van der Waals surface area contributed by atoms with E-state index in [0.717, 1.165) is 10.9 Å². The monoisotopic (exact) mass is 331 g/mol. The normalized spacial score (nSPS) is 11.9. The second-order valence-electron chi connectivity index (χ2n) is 5.50. The van der Waals surface area contributed by atoms with Crippen LogP contribution >= 0.6 is 0 Å². The van der Waals surface area contributed by atoms with Gasteiger partial charge in [0, 0.05) is 29.8 Å². The Hall–Kier alpha value is -2.87. The Labute approximate surface area is 138 Å². The molecule has 0 radical (unpaired) electrons. The first-order chi connectivity index (χ1) is 11.4. The van der Waals surface area contributed by atoms with Crippen LogP contribution in [0.5, 0.6) is 0 Å². The molecule has 2 aromatic rings. The van der Waals surface area contributed by atoms with Gasteiger partial charge >= 0.3 is 5.63 Å². The minimum Gasteiger partial charge on any atom is -0.423 e. The molecule has 0 aliphatic heterocycles. The van der Waals surface area contributed by atoms with Crippen molar-refractivity contribution in [1.29, 1.82) is 0 Å². The first kappa shape index (κ1) is 17.5. The van der Waals surface area contributed by atoms with Crippen molar-refractivity contribution in [3.05, 3.63) is 40.2 Å². The number of carbonyl (C=O) groups excluding carboxylic acids is 1. The maximum atomic E-state index is 12.1. The molecular weight excluding hydrogens is 310 g/mol. The van der Waals surface area contributed by atoms with Gasteiger partial charge in [0.25, 0.3) is 0 Å². The van der Waals surface area contributed by atoms with Gasteiger partial charge in [0.1, 0.15) is 5.58 Å². The molecule has 0 saturated heterocycles. The van der Waals surface area contributed by atoms with Crippen LogP contribution in [-0.4, -0.2) is 24.5 Å². The molecule has 0 spiro atoms. The zero-order valence-corrected chi connectivity index (χ0v) is 13.4. The molecular formula is C16H21N5O3. The van der Waals surface area contributed by atoms with Crippen LogP contribution in [0, 0.1) is 6.92 Å². The summed E-state index contributed by atoms with van der Waals surface area (Å²) in [5, 5.41) is 3.53. The molecule has 8 nitrogen and oxygen atoms in total. The summed E-state index contributed by atoms with van der Waals surface area (Å²) in [4.78, 5) is 27.4. The summed E-state index contributed by atoms with van der Waals surface area (Å²) in [5.41, 5.74) is 17.6. The van der Waals surface area contributed by atoms with Crippen LogP contribution in [-0.2, 0) is 4.79 Å². The quantitative estimate of drug-likeness (QED) is 0.261. The van der Waals surface area contributed by atoms with Crippen molar-refractivity contribution in [3.8, 4) is 0 Å². The summed E-state index contributed by atoms with van der Waals surface area (Å²) in [6, 6.07) is 5.87. The molecule has 0 bridgehead atoms. The van der Waals surface area contributed by atoms with Crippen molar-refractivity contribution in [2.24, 2.45) is 22.2 Å². The van der Waals surface area contributed by atoms with Crippen LogP contribution in [0.3, 0.4) is 0 Å². The molecule has 8 heteroatoms. The average Bonchev–Trinajstić information content (AvgIpc) is 2.50. The Bertz CT molecular complexity index is 824. The second kappa shape index (κ2) is 7.60. The fourth-order valence-electron chi connectivity index (χ4n) is 2.29. The predicted octanol–water partition coefficient (Wildman–Crippen LogP) is 0.421. The summed E-state index contributed by atoms with van der Waals surface area (Å²) in [6.45, 7) is 2.24. The Morgan fingerprint density at radius 2 is 2.08 bits per heavy atom. The number of anilines is 1. The molecule has 1 aromatic heterocycles. The maximum Gasteiger partial charge on any atom is 0.336 e. The summed E-state index contributed by atoms with van der Waals surface area (Å²) in [5.74, 6) is -0.310. The summed E-state index contributed by atoms with van der Waals surface area (Å²) in [7, 11) is 0. The van der Waals surface area contributed by atoms with E-state index in [0.29, 0.717) is 30.7 Å². The molecule has 0 saturated carbocycles. The van der Waals surface area contributed by atoms with Crippen molar-refractivity contribution in [2.45, 2.75) is 25.8 Å². The van der Waals surface area contributed by atoms with Crippen molar-refractivity contribution < 1.29 is 9.21 Å². The van der Waals surface area contributed by atoms with Crippen molar-refractivity contribution in [1.82, 2.24) is 0 Å². The Balaban J connectivity index is 2.02. The van der Waals surface area contributed by atoms with E-state index >= 15 is 0 Å². The van der Waals surface area contributed by atoms with Gasteiger partial charge < -0.3 is 26.9 Å². The fraction of sp³-hybridized carbons (Fsp3) is 0.312. The van der Waals surface area contributed by atoms with E-state index in [4.69, 9.17) is 21.6 Å². The van der Waals surface area contributed by atoms with Crippen molar-refractivity contribution >= 4 is 28.5 Å². The molecule has 0 unspecified atom stereocenters. The third-order valence-electron chi connectivity index (χ3n) is 3.52. The smallest absolute Gasteiger partial charge is 0.336 e. The lowest BCUT2D eigenvalue weighted by Gasteiger charge is -2.12. The van der Waals surface area contributed by atoms with Gasteiger partial charge in [-0.15, -0.1) is 0 Å². The number of rotatable bonds is 6. The SMILES string of the molecule is Cc1cc(=O)oc2cc(NC(=O)[C@@H](N)CCCN=C(N)N)ccc12. The Morgan fingerprint density at radius 1 is 1.33 bits per heavy atom. The minimum atomic E-state index is -0.681. The summed E-state index contributed by atoms with van der Waals surface area (Å²) >= 11 is 0.